The van der Waals surface area contributed by atoms with Crippen molar-refractivity contribution >= 4 is 0 Å². The zero-order chi connectivity index (χ0) is 14.8. The molecule has 0 bridgehead atoms. The van der Waals surface area contributed by atoms with Crippen molar-refractivity contribution in [2.45, 2.75) is 40.0 Å². The third kappa shape index (κ3) is 3.33. The molecule has 0 radical (unpaired) electrons. The summed E-state index contributed by atoms with van der Waals surface area (Å²) in [6.45, 7) is 10.3. The average Bonchev–Trinajstić information content (AvgIpc) is 3.00. The molecule has 1 saturated heterocycles. The highest BCUT2D eigenvalue weighted by Gasteiger charge is 2.23. The highest BCUT2D eigenvalue weighted by atomic mass is 16.5. The van der Waals surface area contributed by atoms with Crippen molar-refractivity contribution in [2.24, 2.45) is 0 Å². The van der Waals surface area contributed by atoms with Crippen molar-refractivity contribution in [3.8, 4) is 0 Å². The Bertz CT molecular complexity index is 585. The summed E-state index contributed by atoms with van der Waals surface area (Å²) < 4.78 is 13.1. The van der Waals surface area contributed by atoms with E-state index in [1.54, 1.807) is 0 Å². The Kier molecular flexibility index (Phi) is 4.07. The first-order valence-corrected chi connectivity index (χ1v) is 7.36. The third-order valence-corrected chi connectivity index (χ3v) is 3.94. The van der Waals surface area contributed by atoms with Gasteiger partial charge in [0.05, 0.1) is 31.1 Å². The molecule has 1 atom stereocenters. The second-order valence-corrected chi connectivity index (χ2v) is 5.77. The van der Waals surface area contributed by atoms with E-state index in [-0.39, 0.29) is 6.10 Å². The average molecular weight is 290 g/mol. The summed E-state index contributed by atoms with van der Waals surface area (Å²) >= 11 is 0. The Balaban J connectivity index is 1.60. The maximum Gasteiger partial charge on any atom is 0.138 e. The molecule has 1 fully saturated rings. The predicted octanol–water partition coefficient (Wildman–Crippen LogP) is 1.70. The maximum atomic E-state index is 5.86. The predicted molar refractivity (Wildman–Crippen MR) is 78.0 cm³/mol. The van der Waals surface area contributed by atoms with E-state index in [0.717, 1.165) is 44.2 Å². The molecule has 0 spiro atoms. The van der Waals surface area contributed by atoms with Crippen molar-refractivity contribution in [1.82, 2.24) is 19.8 Å². The van der Waals surface area contributed by atoms with Gasteiger partial charge in [-0.25, -0.2) is 0 Å². The van der Waals surface area contributed by atoms with Gasteiger partial charge in [0.25, 0.3) is 0 Å². The van der Waals surface area contributed by atoms with Crippen LogP contribution in [0.2, 0.25) is 0 Å². The van der Waals surface area contributed by atoms with Gasteiger partial charge in [0, 0.05) is 31.4 Å². The lowest BCUT2D eigenvalue weighted by atomic mass is 10.1. The summed E-state index contributed by atoms with van der Waals surface area (Å²) in [5.74, 6) is 0.915. The second kappa shape index (κ2) is 5.99. The van der Waals surface area contributed by atoms with E-state index in [9.17, 15) is 0 Å². The number of aryl methyl sites for hydroxylation is 3. The molecule has 0 saturated carbocycles. The molecule has 21 heavy (non-hydrogen) atoms. The monoisotopic (exact) mass is 290 g/mol. The van der Waals surface area contributed by atoms with E-state index in [4.69, 9.17) is 9.26 Å². The largest absolute Gasteiger partial charge is 0.374 e. The number of hydrogen-bond donors (Lipinski definition) is 0. The van der Waals surface area contributed by atoms with Crippen molar-refractivity contribution < 1.29 is 9.26 Å². The normalized spacial score (nSPS) is 20.0. The second-order valence-electron chi connectivity index (χ2n) is 5.77. The van der Waals surface area contributed by atoms with E-state index < -0.39 is 0 Å². The topological polar surface area (TPSA) is 56.3 Å². The summed E-state index contributed by atoms with van der Waals surface area (Å²) in [5.41, 5.74) is 3.36. The molecule has 3 rings (SSSR count). The maximum absolute atomic E-state index is 5.86. The zero-order valence-electron chi connectivity index (χ0n) is 12.9. The minimum Gasteiger partial charge on any atom is -0.374 e. The van der Waals surface area contributed by atoms with Gasteiger partial charge in [-0.05, 0) is 26.3 Å². The van der Waals surface area contributed by atoms with Gasteiger partial charge in [-0.3, -0.25) is 9.58 Å². The molecule has 3 heterocycles. The van der Waals surface area contributed by atoms with Crippen LogP contribution >= 0.6 is 0 Å². The minimum atomic E-state index is 0.179. The van der Waals surface area contributed by atoms with Crippen LogP contribution in [0.1, 0.15) is 22.6 Å². The number of nitrogens with zero attached hydrogens (tertiary/aromatic N) is 4. The SMILES string of the molecule is Cc1cnn(C[C@@H]2CN(Cc3c(C)noc3C)CCO2)c1. The highest BCUT2D eigenvalue weighted by Crippen LogP contribution is 2.17. The summed E-state index contributed by atoms with van der Waals surface area (Å²) in [6, 6.07) is 0. The van der Waals surface area contributed by atoms with E-state index >= 15 is 0 Å². The van der Waals surface area contributed by atoms with Gasteiger partial charge in [-0.2, -0.15) is 5.10 Å². The van der Waals surface area contributed by atoms with Gasteiger partial charge in [0.15, 0.2) is 0 Å². The molecule has 2 aromatic heterocycles. The molecule has 0 aliphatic carbocycles. The molecule has 6 heteroatoms. The lowest BCUT2D eigenvalue weighted by Gasteiger charge is -2.32. The molecule has 0 unspecified atom stereocenters. The van der Waals surface area contributed by atoms with Crippen molar-refractivity contribution in [3.05, 3.63) is 35.0 Å². The summed E-state index contributed by atoms with van der Waals surface area (Å²) in [4.78, 5) is 2.40. The van der Waals surface area contributed by atoms with Crippen LogP contribution in [-0.2, 0) is 17.8 Å². The smallest absolute Gasteiger partial charge is 0.138 e. The van der Waals surface area contributed by atoms with Crippen LogP contribution in [0, 0.1) is 20.8 Å². The van der Waals surface area contributed by atoms with Crippen LogP contribution < -0.4 is 0 Å². The van der Waals surface area contributed by atoms with Crippen LogP contribution in [0.3, 0.4) is 0 Å². The molecule has 0 N–H and O–H groups in total. The van der Waals surface area contributed by atoms with E-state index in [1.807, 2.05) is 24.7 Å². The molecule has 1 aliphatic rings. The first kappa shape index (κ1) is 14.3. The van der Waals surface area contributed by atoms with E-state index in [1.165, 1.54) is 11.1 Å². The molecule has 0 aromatic carbocycles. The van der Waals surface area contributed by atoms with Crippen molar-refractivity contribution in [3.63, 3.8) is 0 Å². The van der Waals surface area contributed by atoms with Crippen LogP contribution in [0.4, 0.5) is 0 Å². The number of rotatable bonds is 4. The Morgan fingerprint density at radius 2 is 2.19 bits per heavy atom. The summed E-state index contributed by atoms with van der Waals surface area (Å²) in [7, 11) is 0. The lowest BCUT2D eigenvalue weighted by molar-refractivity contribution is -0.0403. The molecular weight excluding hydrogens is 268 g/mol. The van der Waals surface area contributed by atoms with Crippen LogP contribution in [0.25, 0.3) is 0 Å². The summed E-state index contributed by atoms with van der Waals surface area (Å²) in [5, 5.41) is 8.36. The third-order valence-electron chi connectivity index (χ3n) is 3.94. The molecule has 6 nitrogen and oxygen atoms in total. The van der Waals surface area contributed by atoms with Crippen molar-refractivity contribution in [1.29, 1.82) is 0 Å². The molecule has 1 aliphatic heterocycles. The van der Waals surface area contributed by atoms with Gasteiger partial charge >= 0.3 is 0 Å². The fourth-order valence-corrected chi connectivity index (χ4v) is 2.76. The molecule has 0 amide bonds. The fraction of sp³-hybridized carbons (Fsp3) is 0.600. The van der Waals surface area contributed by atoms with Gasteiger partial charge in [0.2, 0.25) is 0 Å². The van der Waals surface area contributed by atoms with Crippen LogP contribution in [0.5, 0.6) is 0 Å². The van der Waals surface area contributed by atoms with Crippen LogP contribution in [0.15, 0.2) is 16.9 Å². The number of aromatic nitrogens is 3. The Hall–Kier alpha value is -1.66. The Morgan fingerprint density at radius 1 is 1.33 bits per heavy atom. The van der Waals surface area contributed by atoms with Gasteiger partial charge in [-0.15, -0.1) is 0 Å². The number of morpholine rings is 1. The van der Waals surface area contributed by atoms with Gasteiger partial charge < -0.3 is 9.26 Å². The number of ether oxygens (including phenoxy) is 1. The van der Waals surface area contributed by atoms with Gasteiger partial charge in [-0.1, -0.05) is 5.16 Å². The quantitative estimate of drug-likeness (QED) is 0.858. The standard InChI is InChI=1S/C15H22N4O2/c1-11-6-16-19(7-11)9-14-8-18(4-5-20-14)10-15-12(2)17-21-13(15)3/h6-7,14H,4-5,8-10H2,1-3H3/t14-/m0/s1. The Morgan fingerprint density at radius 3 is 2.86 bits per heavy atom. The number of hydrogen-bond acceptors (Lipinski definition) is 5. The fourth-order valence-electron chi connectivity index (χ4n) is 2.76. The molecule has 114 valence electrons. The summed E-state index contributed by atoms with van der Waals surface area (Å²) in [6.07, 6.45) is 4.11. The first-order valence-electron chi connectivity index (χ1n) is 7.36. The van der Waals surface area contributed by atoms with E-state index in [2.05, 4.69) is 28.3 Å². The first-order chi connectivity index (χ1) is 10.1. The van der Waals surface area contributed by atoms with Crippen LogP contribution in [-0.4, -0.2) is 45.6 Å². The minimum absolute atomic E-state index is 0.179. The molecular formula is C15H22N4O2. The highest BCUT2D eigenvalue weighted by molar-refractivity contribution is 5.20. The van der Waals surface area contributed by atoms with E-state index in [0.29, 0.717) is 0 Å². The van der Waals surface area contributed by atoms with Gasteiger partial charge in [0.1, 0.15) is 5.76 Å². The Labute approximate surface area is 124 Å². The lowest BCUT2D eigenvalue weighted by Crippen LogP contribution is -2.43. The zero-order valence-corrected chi connectivity index (χ0v) is 12.9. The van der Waals surface area contributed by atoms with Crippen molar-refractivity contribution in [2.75, 3.05) is 19.7 Å². The molecule has 2 aromatic rings.